The van der Waals surface area contributed by atoms with E-state index in [1.54, 1.807) is 6.92 Å². The lowest BCUT2D eigenvalue weighted by Crippen LogP contribution is -2.22. The van der Waals surface area contributed by atoms with Gasteiger partial charge in [0.25, 0.3) is 5.91 Å². The van der Waals surface area contributed by atoms with Crippen LogP contribution in [0.15, 0.2) is 24.4 Å². The number of aryl methyl sites for hydroxylation is 1. The van der Waals surface area contributed by atoms with Crippen molar-refractivity contribution in [2.45, 2.75) is 19.8 Å². The van der Waals surface area contributed by atoms with E-state index in [0.29, 0.717) is 17.2 Å². The molecule has 152 valence electrons. The number of esters is 2. The summed E-state index contributed by atoms with van der Waals surface area (Å²) in [5, 5.41) is 2.68. The maximum Gasteiger partial charge on any atom is 0.337 e. The molecule has 1 aromatic carbocycles. The number of anilines is 2. The smallest absolute Gasteiger partial charge is 0.337 e. The van der Waals surface area contributed by atoms with Crippen LogP contribution >= 0.6 is 0 Å². The molecule has 1 saturated heterocycles. The summed E-state index contributed by atoms with van der Waals surface area (Å²) in [6.07, 6.45) is 3.68. The molecular formula is C20H22N4O5. The van der Waals surface area contributed by atoms with E-state index in [9.17, 15) is 14.4 Å². The third kappa shape index (κ3) is 4.50. The molecule has 0 atom stereocenters. The van der Waals surface area contributed by atoms with Crippen LogP contribution in [0.5, 0.6) is 0 Å². The summed E-state index contributed by atoms with van der Waals surface area (Å²) < 4.78 is 9.40. The lowest BCUT2D eigenvalue weighted by atomic mass is 10.1. The molecule has 1 aliphatic rings. The van der Waals surface area contributed by atoms with Gasteiger partial charge in [-0.15, -0.1) is 0 Å². The van der Waals surface area contributed by atoms with Crippen molar-refractivity contribution in [3.63, 3.8) is 0 Å². The molecule has 29 heavy (non-hydrogen) atoms. The largest absolute Gasteiger partial charge is 0.465 e. The zero-order valence-electron chi connectivity index (χ0n) is 16.5. The van der Waals surface area contributed by atoms with Gasteiger partial charge in [0.15, 0.2) is 0 Å². The van der Waals surface area contributed by atoms with E-state index in [-0.39, 0.29) is 16.8 Å². The second kappa shape index (κ2) is 8.68. The van der Waals surface area contributed by atoms with E-state index in [4.69, 9.17) is 9.47 Å². The summed E-state index contributed by atoms with van der Waals surface area (Å²) in [6, 6.07) is 4.18. The highest BCUT2D eigenvalue weighted by molar-refractivity contribution is 6.06. The molecule has 0 radical (unpaired) electrons. The first kappa shape index (κ1) is 20.2. The predicted octanol–water partition coefficient (Wildman–Crippen LogP) is 2.21. The molecule has 0 aliphatic carbocycles. The number of hydrogen-bond acceptors (Lipinski definition) is 8. The molecule has 0 saturated carbocycles. The SMILES string of the molecule is COC(=O)c1cc(NC(=O)c2cnc(N3CCCC3)nc2C)cc(C(=O)OC)c1. The summed E-state index contributed by atoms with van der Waals surface area (Å²) in [5.74, 6) is -1.12. The Bertz CT molecular complexity index is 920. The second-order valence-corrected chi connectivity index (χ2v) is 6.60. The van der Waals surface area contributed by atoms with Gasteiger partial charge in [-0.05, 0) is 38.0 Å². The molecule has 1 fully saturated rings. The molecule has 0 unspecified atom stereocenters. The van der Waals surface area contributed by atoms with E-state index in [2.05, 4.69) is 20.2 Å². The minimum Gasteiger partial charge on any atom is -0.465 e. The number of aromatic nitrogens is 2. The molecule has 2 heterocycles. The van der Waals surface area contributed by atoms with Gasteiger partial charge in [-0.1, -0.05) is 0 Å². The zero-order chi connectivity index (χ0) is 21.0. The number of nitrogens with one attached hydrogen (secondary N) is 1. The lowest BCUT2D eigenvalue weighted by Gasteiger charge is -2.16. The summed E-state index contributed by atoms with van der Waals surface area (Å²) in [6.45, 7) is 3.55. The molecule has 1 amide bonds. The Labute approximate surface area is 168 Å². The monoisotopic (exact) mass is 398 g/mol. The highest BCUT2D eigenvalue weighted by atomic mass is 16.5. The fraction of sp³-hybridized carbons (Fsp3) is 0.350. The van der Waals surface area contributed by atoms with E-state index >= 15 is 0 Å². The fourth-order valence-electron chi connectivity index (χ4n) is 3.12. The number of carbonyl (C=O) groups excluding carboxylic acids is 3. The van der Waals surface area contributed by atoms with Gasteiger partial charge in [0.1, 0.15) is 0 Å². The molecule has 1 aromatic heterocycles. The van der Waals surface area contributed by atoms with Gasteiger partial charge < -0.3 is 19.7 Å². The maximum atomic E-state index is 12.7. The quantitative estimate of drug-likeness (QED) is 0.763. The van der Waals surface area contributed by atoms with Gasteiger partial charge in [-0.2, -0.15) is 0 Å². The van der Waals surface area contributed by atoms with Crippen LogP contribution in [0.25, 0.3) is 0 Å². The normalized spacial score (nSPS) is 13.1. The minimum absolute atomic E-state index is 0.114. The average Bonchev–Trinajstić information content (AvgIpc) is 3.27. The van der Waals surface area contributed by atoms with E-state index < -0.39 is 17.8 Å². The molecule has 3 rings (SSSR count). The highest BCUT2D eigenvalue weighted by Gasteiger charge is 2.19. The van der Waals surface area contributed by atoms with Crippen molar-refractivity contribution in [1.82, 2.24) is 9.97 Å². The summed E-state index contributed by atoms with van der Waals surface area (Å²) in [7, 11) is 2.46. The molecular weight excluding hydrogens is 376 g/mol. The first-order valence-electron chi connectivity index (χ1n) is 9.14. The van der Waals surface area contributed by atoms with E-state index in [1.165, 1.54) is 38.6 Å². The zero-order valence-corrected chi connectivity index (χ0v) is 16.5. The Balaban J connectivity index is 1.86. The Morgan fingerprint density at radius 3 is 2.10 bits per heavy atom. The molecule has 1 N–H and O–H groups in total. The van der Waals surface area contributed by atoms with Crippen molar-refractivity contribution >= 4 is 29.5 Å². The van der Waals surface area contributed by atoms with Crippen molar-refractivity contribution in [3.8, 4) is 0 Å². The molecule has 0 spiro atoms. The van der Waals surface area contributed by atoms with Crippen molar-refractivity contribution in [3.05, 3.63) is 46.8 Å². The fourth-order valence-corrected chi connectivity index (χ4v) is 3.12. The van der Waals surface area contributed by atoms with Crippen LogP contribution in [0.3, 0.4) is 0 Å². The van der Waals surface area contributed by atoms with E-state index in [0.717, 1.165) is 25.9 Å². The number of methoxy groups -OCH3 is 2. The van der Waals surface area contributed by atoms with Crippen molar-refractivity contribution in [2.24, 2.45) is 0 Å². The Morgan fingerprint density at radius 2 is 1.59 bits per heavy atom. The molecule has 1 aliphatic heterocycles. The van der Waals surface area contributed by atoms with Crippen LogP contribution < -0.4 is 10.2 Å². The first-order valence-corrected chi connectivity index (χ1v) is 9.14. The Morgan fingerprint density at radius 1 is 1.00 bits per heavy atom. The van der Waals surface area contributed by atoms with Crippen molar-refractivity contribution in [1.29, 1.82) is 0 Å². The van der Waals surface area contributed by atoms with Crippen molar-refractivity contribution < 1.29 is 23.9 Å². The molecule has 2 aromatic rings. The number of carbonyl (C=O) groups is 3. The first-order chi connectivity index (χ1) is 13.9. The highest BCUT2D eigenvalue weighted by Crippen LogP contribution is 2.20. The number of rotatable bonds is 5. The van der Waals surface area contributed by atoms with Gasteiger partial charge in [0, 0.05) is 25.0 Å². The van der Waals surface area contributed by atoms with Crippen LogP contribution in [0.2, 0.25) is 0 Å². The number of nitrogens with zero attached hydrogens (tertiary/aromatic N) is 3. The lowest BCUT2D eigenvalue weighted by molar-refractivity contribution is 0.0599. The van der Waals surface area contributed by atoms with Gasteiger partial charge in [-0.25, -0.2) is 19.6 Å². The summed E-state index contributed by atoms with van der Waals surface area (Å²) in [4.78, 5) is 47.3. The third-order valence-electron chi connectivity index (χ3n) is 4.63. The third-order valence-corrected chi connectivity index (χ3v) is 4.63. The van der Waals surface area contributed by atoms with Crippen LogP contribution in [0.1, 0.15) is 49.6 Å². The Hall–Kier alpha value is -3.49. The van der Waals surface area contributed by atoms with Crippen molar-refractivity contribution in [2.75, 3.05) is 37.5 Å². The van der Waals surface area contributed by atoms with Gasteiger partial charge in [0.05, 0.1) is 36.6 Å². The van der Waals surface area contributed by atoms with Crippen LogP contribution in [0.4, 0.5) is 11.6 Å². The Kier molecular flexibility index (Phi) is 6.06. The maximum absolute atomic E-state index is 12.7. The molecule has 9 heteroatoms. The topological polar surface area (TPSA) is 111 Å². The van der Waals surface area contributed by atoms with Crippen LogP contribution in [-0.2, 0) is 9.47 Å². The number of ether oxygens (including phenoxy) is 2. The molecule has 9 nitrogen and oxygen atoms in total. The number of amides is 1. The second-order valence-electron chi connectivity index (χ2n) is 6.60. The van der Waals surface area contributed by atoms with Crippen LogP contribution in [-0.4, -0.2) is 55.1 Å². The van der Waals surface area contributed by atoms with Gasteiger partial charge in [-0.3, -0.25) is 4.79 Å². The molecule has 0 bridgehead atoms. The summed E-state index contributed by atoms with van der Waals surface area (Å²) >= 11 is 0. The number of hydrogen-bond donors (Lipinski definition) is 1. The van der Waals surface area contributed by atoms with E-state index in [1.807, 2.05) is 0 Å². The number of benzene rings is 1. The average molecular weight is 398 g/mol. The summed E-state index contributed by atoms with van der Waals surface area (Å²) in [5.41, 5.74) is 1.32. The standard InChI is InChI=1S/C20H22N4O5/c1-12-16(11-21-20(22-12)24-6-4-5-7-24)17(25)23-15-9-13(18(26)28-2)8-14(10-15)19(27)29-3/h8-11H,4-7H2,1-3H3,(H,23,25). The predicted molar refractivity (Wildman–Crippen MR) is 105 cm³/mol. The minimum atomic E-state index is -0.638. The van der Waals surface area contributed by atoms with Crippen LogP contribution in [0, 0.1) is 6.92 Å². The van der Waals surface area contributed by atoms with Gasteiger partial charge in [0.2, 0.25) is 5.95 Å². The van der Waals surface area contributed by atoms with Gasteiger partial charge >= 0.3 is 11.9 Å².